The van der Waals surface area contributed by atoms with Crippen LogP contribution in [0.2, 0.25) is 5.02 Å². The van der Waals surface area contributed by atoms with E-state index in [4.69, 9.17) is 16.6 Å². The van der Waals surface area contributed by atoms with Crippen molar-refractivity contribution in [1.82, 2.24) is 38.8 Å². The normalized spacial score (nSPS) is 16.4. The first-order chi connectivity index (χ1) is 28.1. The van der Waals surface area contributed by atoms with Crippen LogP contribution < -0.4 is 15.8 Å². The molecule has 0 bridgehead atoms. The van der Waals surface area contributed by atoms with E-state index in [-0.39, 0.29) is 59.4 Å². The molecule has 0 atom stereocenters. The van der Waals surface area contributed by atoms with Crippen LogP contribution in [0.1, 0.15) is 46.6 Å². The molecular weight excluding hydrogens is 793 g/mol. The van der Waals surface area contributed by atoms with Gasteiger partial charge >= 0.3 is 12.2 Å². The standard InChI is InChI=1S/C40H40ClF3N10O5/c1-49(2)38(59)52-20-18-50(19-21-52)26-8-5-24(6-9-26)34-47-37-53(23-31(56)46-28-10-7-25(22-27(28)41)40(42,43)44)29-11-12-39(32(29)35(57)54(37)48-34)13-16-51(17-14-39)36(58)33-30(55)4-3-15-45-33/h3-10,15,22,55H,11-14,16-21,23H2,1-2H3,(H,46,56). The second-order valence-electron chi connectivity index (χ2n) is 15.2. The lowest BCUT2D eigenvalue weighted by molar-refractivity contribution is -0.137. The monoisotopic (exact) mass is 832 g/mol. The number of amides is 4. The minimum absolute atomic E-state index is 0.0150. The number of likely N-dealkylation sites (tertiary alicyclic amines) is 1. The van der Waals surface area contributed by atoms with Crippen LogP contribution in [-0.2, 0) is 29.4 Å². The predicted octanol–water partition coefficient (Wildman–Crippen LogP) is 4.89. The molecule has 1 spiro atoms. The van der Waals surface area contributed by atoms with Gasteiger partial charge in [-0.15, -0.1) is 5.10 Å². The molecule has 2 fully saturated rings. The van der Waals surface area contributed by atoms with Gasteiger partial charge in [-0.3, -0.25) is 14.4 Å². The fourth-order valence-electron chi connectivity index (χ4n) is 8.40. The number of benzene rings is 2. The molecule has 0 saturated carbocycles. The summed E-state index contributed by atoms with van der Waals surface area (Å²) in [5.74, 6) is -0.909. The van der Waals surface area contributed by atoms with Gasteiger partial charge in [0.25, 0.3) is 11.5 Å². The van der Waals surface area contributed by atoms with Crippen molar-refractivity contribution in [3.63, 3.8) is 0 Å². The highest BCUT2D eigenvalue weighted by molar-refractivity contribution is 6.33. The first kappa shape index (κ1) is 39.6. The molecule has 19 heteroatoms. The number of nitrogens with one attached hydrogen (secondary N) is 1. The minimum atomic E-state index is -4.62. The Hall–Kier alpha value is -6.17. The first-order valence-corrected chi connectivity index (χ1v) is 19.5. The molecule has 8 rings (SSSR count). The summed E-state index contributed by atoms with van der Waals surface area (Å²) < 4.78 is 42.8. The number of piperidine rings is 1. The van der Waals surface area contributed by atoms with E-state index in [2.05, 4.69) is 20.3 Å². The second-order valence-corrected chi connectivity index (χ2v) is 15.6. The fraction of sp³-hybridized carbons (Fsp3) is 0.375. The Morgan fingerprint density at radius 1 is 0.949 bits per heavy atom. The summed E-state index contributed by atoms with van der Waals surface area (Å²) in [4.78, 5) is 70.0. The van der Waals surface area contributed by atoms with Crippen molar-refractivity contribution in [3.8, 4) is 17.1 Å². The van der Waals surface area contributed by atoms with E-state index >= 15 is 0 Å². The number of carbonyl (C=O) groups is 3. The van der Waals surface area contributed by atoms with E-state index in [1.54, 1.807) is 33.4 Å². The quantitative estimate of drug-likeness (QED) is 0.243. The van der Waals surface area contributed by atoms with Crippen LogP contribution in [0.3, 0.4) is 0 Å². The Kier molecular flexibility index (Phi) is 10.2. The van der Waals surface area contributed by atoms with E-state index < -0.39 is 34.5 Å². The van der Waals surface area contributed by atoms with E-state index in [1.807, 2.05) is 24.3 Å². The molecule has 2 aromatic carbocycles. The molecular formula is C40H40ClF3N10O5. The van der Waals surface area contributed by atoms with Crippen molar-refractivity contribution in [2.75, 3.05) is 63.6 Å². The third-order valence-electron chi connectivity index (χ3n) is 11.5. The Morgan fingerprint density at radius 3 is 2.31 bits per heavy atom. The van der Waals surface area contributed by atoms with Crippen molar-refractivity contribution in [3.05, 3.63) is 98.7 Å². The average Bonchev–Trinajstić information content (AvgIpc) is 3.83. The van der Waals surface area contributed by atoms with Gasteiger partial charge in [-0.1, -0.05) is 11.6 Å². The van der Waals surface area contributed by atoms with Crippen LogP contribution in [0.5, 0.6) is 5.75 Å². The summed E-state index contributed by atoms with van der Waals surface area (Å²) >= 11 is 6.18. The zero-order chi connectivity index (χ0) is 41.8. The predicted molar refractivity (Wildman–Crippen MR) is 212 cm³/mol. The zero-order valence-corrected chi connectivity index (χ0v) is 32.9. The molecule has 2 aliphatic heterocycles. The summed E-state index contributed by atoms with van der Waals surface area (Å²) in [5, 5.41) is 17.3. The lowest BCUT2D eigenvalue weighted by atomic mass is 9.74. The van der Waals surface area contributed by atoms with Gasteiger partial charge in [0, 0.05) is 87.5 Å². The number of aromatic hydroxyl groups is 1. The number of halogens is 4. The Morgan fingerprint density at radius 2 is 1.66 bits per heavy atom. The Labute approximate surface area is 340 Å². The molecule has 2 N–H and O–H groups in total. The van der Waals surface area contributed by atoms with E-state index in [0.717, 1.165) is 23.9 Å². The number of aromatic nitrogens is 5. The van der Waals surface area contributed by atoms with Gasteiger partial charge in [0.15, 0.2) is 11.5 Å². The minimum Gasteiger partial charge on any atom is -0.505 e. The smallest absolute Gasteiger partial charge is 0.416 e. The van der Waals surface area contributed by atoms with Gasteiger partial charge in [0.05, 0.1) is 16.3 Å². The third kappa shape index (κ3) is 7.41. The van der Waals surface area contributed by atoms with Gasteiger partial charge in [0.2, 0.25) is 11.7 Å². The van der Waals surface area contributed by atoms with Crippen LogP contribution in [0.15, 0.2) is 65.6 Å². The maximum atomic E-state index is 14.6. The van der Waals surface area contributed by atoms with Crippen LogP contribution >= 0.6 is 11.6 Å². The van der Waals surface area contributed by atoms with Crippen molar-refractivity contribution < 1.29 is 32.7 Å². The van der Waals surface area contributed by atoms with Crippen LogP contribution in [0.25, 0.3) is 17.2 Å². The molecule has 308 valence electrons. The van der Waals surface area contributed by atoms with E-state index in [9.17, 15) is 37.5 Å². The molecule has 5 aromatic rings. The number of rotatable bonds is 6. The molecule has 3 aromatic heterocycles. The molecule has 4 amide bonds. The zero-order valence-electron chi connectivity index (χ0n) is 32.2. The maximum absolute atomic E-state index is 14.6. The van der Waals surface area contributed by atoms with Crippen LogP contribution in [-0.4, -0.2) is 115 Å². The molecule has 5 heterocycles. The van der Waals surface area contributed by atoms with Gasteiger partial charge in [0.1, 0.15) is 12.3 Å². The summed E-state index contributed by atoms with van der Waals surface area (Å²) in [6.07, 6.45) is -1.38. The number of hydrogen-bond acceptors (Lipinski definition) is 9. The van der Waals surface area contributed by atoms with E-state index in [1.165, 1.54) is 22.8 Å². The maximum Gasteiger partial charge on any atom is 0.416 e. The highest BCUT2D eigenvalue weighted by atomic mass is 35.5. The second kappa shape index (κ2) is 15.2. The number of carbonyl (C=O) groups excluding carboxylic acids is 3. The largest absolute Gasteiger partial charge is 0.505 e. The molecule has 3 aliphatic rings. The Bertz CT molecular complexity index is 2520. The summed E-state index contributed by atoms with van der Waals surface area (Å²) in [6, 6.07) is 13.1. The molecule has 1 aliphatic carbocycles. The molecule has 0 unspecified atom stereocenters. The van der Waals surface area contributed by atoms with Crippen LogP contribution in [0, 0.1) is 0 Å². The average molecular weight is 833 g/mol. The molecule has 59 heavy (non-hydrogen) atoms. The lowest BCUT2D eigenvalue weighted by Crippen LogP contribution is -2.51. The highest BCUT2D eigenvalue weighted by Crippen LogP contribution is 2.45. The molecule has 2 saturated heterocycles. The number of fused-ring (bicyclic) bond motifs is 3. The lowest BCUT2D eigenvalue weighted by Gasteiger charge is -2.39. The number of alkyl halides is 3. The van der Waals surface area contributed by atoms with Crippen molar-refractivity contribution in [2.24, 2.45) is 0 Å². The number of pyridine rings is 1. The number of anilines is 2. The first-order valence-electron chi connectivity index (χ1n) is 19.1. The number of piperazine rings is 1. The number of nitrogens with zero attached hydrogens (tertiary/aromatic N) is 9. The fourth-order valence-corrected chi connectivity index (χ4v) is 8.63. The SMILES string of the molecule is CN(C)C(=O)N1CCN(c2ccc(-c3nc4n(CC(=O)Nc5ccc(C(F)(F)F)cc5Cl)c5c(c(=O)n4n3)C3(CC5)CCN(C(=O)c4ncccc4O)CC3)cc2)CC1. The van der Waals surface area contributed by atoms with Crippen molar-refractivity contribution in [1.29, 1.82) is 0 Å². The topological polar surface area (TPSA) is 162 Å². The molecule has 0 radical (unpaired) electrons. The van der Waals surface area contributed by atoms with Gasteiger partial charge < -0.3 is 34.6 Å². The summed E-state index contributed by atoms with van der Waals surface area (Å²) in [7, 11) is 3.45. The van der Waals surface area contributed by atoms with Crippen molar-refractivity contribution in [2.45, 2.75) is 43.8 Å². The highest BCUT2D eigenvalue weighted by Gasteiger charge is 2.46. The summed E-state index contributed by atoms with van der Waals surface area (Å²) in [5.41, 5.74) is 0.529. The van der Waals surface area contributed by atoms with Gasteiger partial charge in [-0.05, 0) is 80.3 Å². The summed E-state index contributed by atoms with van der Waals surface area (Å²) in [6.45, 7) is 2.66. The van der Waals surface area contributed by atoms with Crippen molar-refractivity contribution >= 4 is 46.6 Å². The number of hydrogen-bond donors (Lipinski definition) is 2. The third-order valence-corrected chi connectivity index (χ3v) is 11.8. The van der Waals surface area contributed by atoms with E-state index in [0.29, 0.717) is 68.7 Å². The van der Waals surface area contributed by atoms with Gasteiger partial charge in [-0.25, -0.2) is 9.78 Å². The Balaban J connectivity index is 1.11. The van der Waals surface area contributed by atoms with Crippen LogP contribution in [0.4, 0.5) is 29.3 Å². The molecule has 15 nitrogen and oxygen atoms in total. The number of urea groups is 1. The van der Waals surface area contributed by atoms with Gasteiger partial charge in [-0.2, -0.15) is 22.7 Å².